The molecule has 1 atom stereocenters. The molecule has 0 unspecified atom stereocenters. The first-order valence-corrected chi connectivity index (χ1v) is 7.51. The fourth-order valence-corrected chi connectivity index (χ4v) is 3.23. The number of nitrogens with zero attached hydrogens (tertiary/aromatic N) is 3. The Labute approximate surface area is 136 Å². The molecule has 1 fully saturated rings. The van der Waals surface area contributed by atoms with Gasteiger partial charge in [-0.25, -0.2) is 4.79 Å². The minimum absolute atomic E-state index is 0.0880. The van der Waals surface area contributed by atoms with E-state index in [0.29, 0.717) is 24.7 Å². The Bertz CT molecular complexity index is 863. The highest BCUT2D eigenvalue weighted by Crippen LogP contribution is 2.32. The number of fused-ring (bicyclic) bond motifs is 3. The van der Waals surface area contributed by atoms with Crippen LogP contribution in [-0.2, 0) is 0 Å². The summed E-state index contributed by atoms with van der Waals surface area (Å²) in [6.45, 7) is 1.91. The summed E-state index contributed by atoms with van der Waals surface area (Å²) in [5.41, 5.74) is 6.98. The zero-order valence-electron chi connectivity index (χ0n) is 12.7. The van der Waals surface area contributed by atoms with Crippen LogP contribution in [0.3, 0.4) is 0 Å². The lowest BCUT2D eigenvalue weighted by atomic mass is 10.2. The van der Waals surface area contributed by atoms with Gasteiger partial charge in [0.25, 0.3) is 5.56 Å². The fraction of sp³-hybridized carbons (Fsp3) is 0.267. The van der Waals surface area contributed by atoms with E-state index in [1.807, 2.05) is 4.90 Å². The molecule has 1 aromatic heterocycles. The minimum atomic E-state index is -0.950. The molecule has 9 nitrogen and oxygen atoms in total. The molecule has 0 radical (unpaired) electrons. The highest BCUT2D eigenvalue weighted by molar-refractivity contribution is 5.88. The molecule has 0 bridgehead atoms. The number of carbonyl (C=O) groups is 1. The van der Waals surface area contributed by atoms with Crippen LogP contribution in [0.25, 0.3) is 0 Å². The summed E-state index contributed by atoms with van der Waals surface area (Å²) < 4.78 is 0. The van der Waals surface area contributed by atoms with Gasteiger partial charge in [0, 0.05) is 18.8 Å². The van der Waals surface area contributed by atoms with E-state index in [1.54, 1.807) is 24.3 Å². The Hall–Kier alpha value is -3.23. The SMILES string of the molecule is Nc1nc2c(c(=O)[nH]1)N1CN(c3ccc(C(=O)O)cc3)C[C@H]1CN2. The molecule has 5 N–H and O–H groups in total. The molecule has 9 heteroatoms. The lowest BCUT2D eigenvalue weighted by molar-refractivity contribution is 0.0697. The summed E-state index contributed by atoms with van der Waals surface area (Å²) in [6, 6.07) is 6.85. The van der Waals surface area contributed by atoms with E-state index in [-0.39, 0.29) is 23.1 Å². The highest BCUT2D eigenvalue weighted by Gasteiger charge is 2.37. The number of rotatable bonds is 2. The zero-order valence-corrected chi connectivity index (χ0v) is 12.7. The van der Waals surface area contributed by atoms with E-state index in [4.69, 9.17) is 10.8 Å². The van der Waals surface area contributed by atoms with Gasteiger partial charge >= 0.3 is 5.97 Å². The first-order valence-electron chi connectivity index (χ1n) is 7.51. The Morgan fingerprint density at radius 1 is 1.33 bits per heavy atom. The van der Waals surface area contributed by atoms with Crippen molar-refractivity contribution in [2.45, 2.75) is 6.04 Å². The van der Waals surface area contributed by atoms with E-state index >= 15 is 0 Å². The number of aromatic nitrogens is 2. The average Bonchev–Trinajstić information content (AvgIpc) is 2.98. The molecule has 4 rings (SSSR count). The molecule has 124 valence electrons. The van der Waals surface area contributed by atoms with E-state index < -0.39 is 5.97 Å². The van der Waals surface area contributed by atoms with Crippen LogP contribution in [0.15, 0.2) is 29.1 Å². The number of carboxylic acid groups (broad SMARTS) is 1. The molecule has 1 aromatic carbocycles. The second-order valence-corrected chi connectivity index (χ2v) is 5.87. The van der Waals surface area contributed by atoms with E-state index in [9.17, 15) is 9.59 Å². The number of carboxylic acids is 1. The molecular formula is C15H16N6O3. The third kappa shape index (κ3) is 2.21. The summed E-state index contributed by atoms with van der Waals surface area (Å²) in [5, 5.41) is 12.1. The van der Waals surface area contributed by atoms with Crippen molar-refractivity contribution < 1.29 is 9.90 Å². The van der Waals surface area contributed by atoms with Crippen molar-refractivity contribution in [3.8, 4) is 0 Å². The molecule has 24 heavy (non-hydrogen) atoms. The maximum Gasteiger partial charge on any atom is 0.335 e. The maximum absolute atomic E-state index is 12.2. The van der Waals surface area contributed by atoms with E-state index in [1.165, 1.54) is 0 Å². The Morgan fingerprint density at radius 3 is 2.79 bits per heavy atom. The summed E-state index contributed by atoms with van der Waals surface area (Å²) in [5.74, 6) is -0.366. The number of nitrogen functional groups attached to an aromatic ring is 1. The second kappa shape index (κ2) is 5.15. The monoisotopic (exact) mass is 328 g/mol. The average molecular weight is 328 g/mol. The normalized spacial score (nSPS) is 18.8. The molecule has 0 saturated carbocycles. The van der Waals surface area contributed by atoms with Gasteiger partial charge in [-0.2, -0.15) is 4.98 Å². The minimum Gasteiger partial charge on any atom is -0.478 e. The number of nitrogens with two attached hydrogens (primary N) is 1. The standard InChI is InChI=1S/C15H16N6O3/c16-15-18-12-11(13(22)19-15)21-7-20(6-10(21)5-17-12)9-3-1-8(2-4-9)14(23)24/h1-4,10H,5-7H2,(H,23,24)(H4,16,17,18,19,22)/t10-/m1/s1. The topological polar surface area (TPSA) is 128 Å². The van der Waals surface area contributed by atoms with Crippen LogP contribution < -0.4 is 26.4 Å². The van der Waals surface area contributed by atoms with Gasteiger partial charge in [-0.3, -0.25) is 9.78 Å². The fourth-order valence-electron chi connectivity index (χ4n) is 3.23. The van der Waals surface area contributed by atoms with Crippen LogP contribution in [-0.4, -0.2) is 46.8 Å². The summed E-state index contributed by atoms with van der Waals surface area (Å²) in [6.07, 6.45) is 0. The third-order valence-electron chi connectivity index (χ3n) is 4.38. The number of nitrogens with one attached hydrogen (secondary N) is 2. The maximum atomic E-state index is 12.2. The van der Waals surface area contributed by atoms with Gasteiger partial charge in [-0.1, -0.05) is 0 Å². The van der Waals surface area contributed by atoms with Gasteiger partial charge in [0.05, 0.1) is 18.3 Å². The van der Waals surface area contributed by atoms with Crippen molar-refractivity contribution >= 4 is 29.1 Å². The predicted octanol–water partition coefficient (Wildman–Crippen LogP) is 0.128. The van der Waals surface area contributed by atoms with Gasteiger partial charge in [-0.15, -0.1) is 0 Å². The van der Waals surface area contributed by atoms with Crippen LogP contribution >= 0.6 is 0 Å². The van der Waals surface area contributed by atoms with E-state index in [2.05, 4.69) is 20.2 Å². The molecule has 0 spiro atoms. The van der Waals surface area contributed by atoms with Crippen molar-refractivity contribution in [3.63, 3.8) is 0 Å². The smallest absolute Gasteiger partial charge is 0.335 e. The van der Waals surface area contributed by atoms with Crippen LogP contribution in [0, 0.1) is 0 Å². The molecule has 3 heterocycles. The lowest BCUT2D eigenvalue weighted by Gasteiger charge is -2.31. The van der Waals surface area contributed by atoms with E-state index in [0.717, 1.165) is 12.2 Å². The van der Waals surface area contributed by atoms with Crippen LogP contribution in [0.5, 0.6) is 0 Å². The molecule has 0 aliphatic carbocycles. The number of hydrogen-bond donors (Lipinski definition) is 4. The van der Waals surface area contributed by atoms with Crippen molar-refractivity contribution in [1.82, 2.24) is 9.97 Å². The number of aromatic carboxylic acids is 1. The summed E-state index contributed by atoms with van der Waals surface area (Å²) in [4.78, 5) is 34.0. The molecule has 2 aliphatic heterocycles. The zero-order chi connectivity index (χ0) is 16.8. The number of hydrogen-bond acceptors (Lipinski definition) is 7. The van der Waals surface area contributed by atoms with Gasteiger partial charge < -0.3 is 26.0 Å². The number of anilines is 4. The van der Waals surface area contributed by atoms with Crippen LogP contribution in [0.2, 0.25) is 0 Å². The number of benzene rings is 1. The van der Waals surface area contributed by atoms with Crippen molar-refractivity contribution in [1.29, 1.82) is 0 Å². The van der Waals surface area contributed by atoms with Gasteiger partial charge in [0.2, 0.25) is 5.95 Å². The summed E-state index contributed by atoms with van der Waals surface area (Å²) in [7, 11) is 0. The largest absolute Gasteiger partial charge is 0.478 e. The highest BCUT2D eigenvalue weighted by atomic mass is 16.4. The second-order valence-electron chi connectivity index (χ2n) is 5.87. The third-order valence-corrected chi connectivity index (χ3v) is 4.38. The van der Waals surface area contributed by atoms with Crippen molar-refractivity contribution in [3.05, 3.63) is 40.2 Å². The van der Waals surface area contributed by atoms with Gasteiger partial charge in [0.1, 0.15) is 5.69 Å². The van der Waals surface area contributed by atoms with Crippen molar-refractivity contribution in [2.24, 2.45) is 0 Å². The first kappa shape index (κ1) is 14.4. The Balaban J connectivity index is 1.64. The number of H-pyrrole nitrogens is 1. The summed E-state index contributed by atoms with van der Waals surface area (Å²) >= 11 is 0. The quantitative estimate of drug-likeness (QED) is 0.612. The van der Waals surface area contributed by atoms with Crippen LogP contribution in [0.4, 0.5) is 23.1 Å². The molecule has 2 aliphatic rings. The van der Waals surface area contributed by atoms with Crippen molar-refractivity contribution in [2.75, 3.05) is 40.6 Å². The van der Waals surface area contributed by atoms with Crippen LogP contribution in [0.1, 0.15) is 10.4 Å². The lowest BCUT2D eigenvalue weighted by Crippen LogP contribution is -2.44. The van der Waals surface area contributed by atoms with Gasteiger partial charge in [0.15, 0.2) is 5.82 Å². The Morgan fingerprint density at radius 2 is 2.08 bits per heavy atom. The Kier molecular flexibility index (Phi) is 3.08. The molecule has 1 saturated heterocycles. The first-order chi connectivity index (χ1) is 11.5. The molecular weight excluding hydrogens is 312 g/mol. The predicted molar refractivity (Wildman–Crippen MR) is 89.6 cm³/mol. The number of aromatic amines is 1. The molecule has 2 aromatic rings. The molecule has 0 amide bonds. The van der Waals surface area contributed by atoms with Gasteiger partial charge in [-0.05, 0) is 24.3 Å².